The van der Waals surface area contributed by atoms with E-state index >= 15 is 0 Å². The van der Waals surface area contributed by atoms with Crippen molar-refractivity contribution in [2.24, 2.45) is 0 Å². The first-order chi connectivity index (χ1) is 14.2. The molecule has 1 rings (SSSR count). The zero-order valence-electron chi connectivity index (χ0n) is 16.5. The van der Waals surface area contributed by atoms with Crippen LogP contribution in [-0.4, -0.2) is 111 Å². The van der Waals surface area contributed by atoms with Crippen LogP contribution in [0.4, 0.5) is 0 Å². The smallest absolute Gasteiger partial charge is 0.317 e. The van der Waals surface area contributed by atoms with Crippen molar-refractivity contribution in [3.05, 3.63) is 35.9 Å². The predicted octanol–water partition coefficient (Wildman–Crippen LogP) is -0.569. The number of carboxylic acid groups (broad SMARTS) is 4. The molecular weight excluding hydrogens is 398 g/mol. The van der Waals surface area contributed by atoms with Crippen LogP contribution in [0.1, 0.15) is 5.56 Å². The van der Waals surface area contributed by atoms with Gasteiger partial charge in [-0.3, -0.25) is 33.9 Å². The highest BCUT2D eigenvalue weighted by Crippen LogP contribution is 2.05. The predicted molar refractivity (Wildman–Crippen MR) is 105 cm³/mol. The molecule has 1 aromatic rings. The molecule has 0 bridgehead atoms. The van der Waals surface area contributed by atoms with E-state index in [4.69, 9.17) is 20.4 Å². The maximum Gasteiger partial charge on any atom is 0.317 e. The minimum absolute atomic E-state index is 0.170. The van der Waals surface area contributed by atoms with Crippen LogP contribution in [0.2, 0.25) is 0 Å². The van der Waals surface area contributed by atoms with Crippen LogP contribution in [0.5, 0.6) is 0 Å². The molecule has 0 radical (unpaired) electrons. The van der Waals surface area contributed by atoms with Crippen molar-refractivity contribution in [1.29, 1.82) is 0 Å². The summed E-state index contributed by atoms with van der Waals surface area (Å²) in [6.45, 7) is -0.237. The molecule has 11 nitrogen and oxygen atoms in total. The Morgan fingerprint density at radius 1 is 0.567 bits per heavy atom. The van der Waals surface area contributed by atoms with Gasteiger partial charge in [-0.2, -0.15) is 0 Å². The second-order valence-corrected chi connectivity index (χ2v) is 6.76. The summed E-state index contributed by atoms with van der Waals surface area (Å²) in [4.78, 5) is 48.4. The van der Waals surface area contributed by atoms with E-state index in [-0.39, 0.29) is 13.1 Å². The molecule has 30 heavy (non-hydrogen) atoms. The van der Waals surface area contributed by atoms with Crippen LogP contribution in [0.15, 0.2) is 30.3 Å². The monoisotopic (exact) mass is 425 g/mol. The summed E-state index contributed by atoms with van der Waals surface area (Å²) in [7, 11) is 0. The van der Waals surface area contributed by atoms with Gasteiger partial charge in [0.1, 0.15) is 0 Å². The molecule has 0 saturated heterocycles. The van der Waals surface area contributed by atoms with Crippen molar-refractivity contribution >= 4 is 23.9 Å². The summed E-state index contributed by atoms with van der Waals surface area (Å²) < 4.78 is 0. The van der Waals surface area contributed by atoms with E-state index in [1.165, 1.54) is 9.80 Å². The summed E-state index contributed by atoms with van der Waals surface area (Å²) in [6.07, 6.45) is 0. The maximum absolute atomic E-state index is 11.0. The first kappa shape index (κ1) is 25.0. The van der Waals surface area contributed by atoms with E-state index in [0.29, 0.717) is 19.6 Å². The van der Waals surface area contributed by atoms with E-state index in [1.54, 1.807) is 0 Å². The molecule has 0 spiro atoms. The van der Waals surface area contributed by atoms with E-state index < -0.39 is 50.1 Å². The summed E-state index contributed by atoms with van der Waals surface area (Å²) >= 11 is 0. The molecule has 4 N–H and O–H groups in total. The number of nitrogens with zero attached hydrogens (tertiary/aromatic N) is 3. The largest absolute Gasteiger partial charge is 0.480 e. The lowest BCUT2D eigenvalue weighted by Gasteiger charge is -2.28. The Balaban J connectivity index is 2.81. The first-order valence-corrected chi connectivity index (χ1v) is 9.24. The van der Waals surface area contributed by atoms with E-state index in [2.05, 4.69) is 0 Å². The number of hydrogen-bond acceptors (Lipinski definition) is 7. The third-order valence-electron chi connectivity index (χ3n) is 4.15. The average Bonchev–Trinajstić information content (AvgIpc) is 2.62. The Bertz CT molecular complexity index is 641. The molecule has 0 unspecified atom stereocenters. The zero-order chi connectivity index (χ0) is 22.5. The molecular formula is C19H27N3O8. The molecule has 0 aliphatic heterocycles. The Labute approximate surface area is 173 Å². The molecule has 0 atom stereocenters. The van der Waals surface area contributed by atoms with Crippen molar-refractivity contribution in [2.75, 3.05) is 52.4 Å². The van der Waals surface area contributed by atoms with Crippen LogP contribution in [-0.2, 0) is 25.7 Å². The molecule has 1 aromatic carbocycles. The second kappa shape index (κ2) is 13.2. The minimum Gasteiger partial charge on any atom is -0.480 e. The summed E-state index contributed by atoms with van der Waals surface area (Å²) in [5, 5.41) is 35.9. The lowest BCUT2D eigenvalue weighted by atomic mass is 10.2. The van der Waals surface area contributed by atoms with Crippen LogP contribution in [0.25, 0.3) is 0 Å². The molecule has 0 fully saturated rings. The average molecular weight is 425 g/mol. The number of carboxylic acids is 4. The molecule has 0 amide bonds. The quantitative estimate of drug-likeness (QED) is 0.269. The highest BCUT2D eigenvalue weighted by Gasteiger charge is 2.18. The minimum atomic E-state index is -1.14. The molecule has 166 valence electrons. The van der Waals surface area contributed by atoms with Crippen molar-refractivity contribution in [2.45, 2.75) is 6.54 Å². The summed E-state index contributed by atoms with van der Waals surface area (Å²) in [5.74, 6) is -4.56. The Hall–Kier alpha value is -3.02. The molecule has 11 heteroatoms. The van der Waals surface area contributed by atoms with E-state index in [9.17, 15) is 19.2 Å². The van der Waals surface area contributed by atoms with Crippen molar-refractivity contribution in [3.63, 3.8) is 0 Å². The van der Waals surface area contributed by atoms with Crippen molar-refractivity contribution < 1.29 is 39.6 Å². The van der Waals surface area contributed by atoms with Gasteiger partial charge in [0.05, 0.1) is 26.2 Å². The number of rotatable bonds is 16. The number of benzene rings is 1. The van der Waals surface area contributed by atoms with Gasteiger partial charge in [0.25, 0.3) is 0 Å². The molecule has 0 aliphatic carbocycles. The Morgan fingerprint density at radius 3 is 1.23 bits per heavy atom. The van der Waals surface area contributed by atoms with Gasteiger partial charge in [0, 0.05) is 32.7 Å². The summed E-state index contributed by atoms with van der Waals surface area (Å²) in [5.41, 5.74) is 0.962. The SMILES string of the molecule is O=C(O)CN(CCN(CCN(CC(=O)O)CC(=O)O)Cc1ccccc1)CC(=O)O. The van der Waals surface area contributed by atoms with Crippen LogP contribution < -0.4 is 0 Å². The fourth-order valence-electron chi connectivity index (χ4n) is 2.87. The van der Waals surface area contributed by atoms with Crippen LogP contribution in [0, 0.1) is 0 Å². The fraction of sp³-hybridized carbons (Fsp3) is 0.474. The molecule has 0 aliphatic rings. The van der Waals surface area contributed by atoms with Gasteiger partial charge in [-0.25, -0.2) is 0 Å². The number of carbonyl (C=O) groups is 4. The third-order valence-corrected chi connectivity index (χ3v) is 4.15. The first-order valence-electron chi connectivity index (χ1n) is 9.24. The highest BCUT2D eigenvalue weighted by atomic mass is 16.4. The van der Waals surface area contributed by atoms with Crippen molar-refractivity contribution in [3.8, 4) is 0 Å². The molecule has 0 saturated carbocycles. The van der Waals surface area contributed by atoms with E-state index in [1.807, 2.05) is 35.2 Å². The lowest BCUT2D eigenvalue weighted by Crippen LogP contribution is -2.44. The molecule has 0 aromatic heterocycles. The van der Waals surface area contributed by atoms with E-state index in [0.717, 1.165) is 5.56 Å². The highest BCUT2D eigenvalue weighted by molar-refractivity contribution is 5.73. The normalized spacial score (nSPS) is 11.2. The Kier molecular flexibility index (Phi) is 11.0. The van der Waals surface area contributed by atoms with Gasteiger partial charge in [0.15, 0.2) is 0 Å². The lowest BCUT2D eigenvalue weighted by molar-refractivity contribution is -0.143. The summed E-state index contributed by atoms with van der Waals surface area (Å²) in [6, 6.07) is 9.36. The number of aliphatic carboxylic acids is 4. The van der Waals surface area contributed by atoms with Crippen LogP contribution in [0.3, 0.4) is 0 Å². The van der Waals surface area contributed by atoms with Gasteiger partial charge < -0.3 is 20.4 Å². The topological polar surface area (TPSA) is 159 Å². The maximum atomic E-state index is 11.0. The van der Waals surface area contributed by atoms with Gasteiger partial charge in [-0.1, -0.05) is 30.3 Å². The fourth-order valence-corrected chi connectivity index (χ4v) is 2.87. The number of hydrogen-bond donors (Lipinski definition) is 4. The van der Waals surface area contributed by atoms with Crippen molar-refractivity contribution in [1.82, 2.24) is 14.7 Å². The Morgan fingerprint density at radius 2 is 0.900 bits per heavy atom. The van der Waals surface area contributed by atoms with Gasteiger partial charge in [-0.05, 0) is 5.56 Å². The van der Waals surface area contributed by atoms with Gasteiger partial charge in [0.2, 0.25) is 0 Å². The standard InChI is InChI=1S/C19H27N3O8/c23-16(24)11-21(12-17(25)26)8-6-20(10-15-4-2-1-3-5-15)7-9-22(13-18(27)28)14-19(29)30/h1-5H,6-14H2,(H,23,24)(H,25,26)(H,27,28)(H,29,30). The third kappa shape index (κ3) is 11.7. The molecule has 0 heterocycles. The van der Waals surface area contributed by atoms with Gasteiger partial charge >= 0.3 is 23.9 Å². The van der Waals surface area contributed by atoms with Crippen LogP contribution >= 0.6 is 0 Å². The second-order valence-electron chi connectivity index (χ2n) is 6.76. The zero-order valence-corrected chi connectivity index (χ0v) is 16.5. The van der Waals surface area contributed by atoms with Gasteiger partial charge in [-0.15, -0.1) is 0 Å².